The zero-order chi connectivity index (χ0) is 8.58. The third-order valence-corrected chi connectivity index (χ3v) is 1.35. The van der Waals surface area contributed by atoms with E-state index in [9.17, 15) is 22.4 Å². The molecule has 0 N–H and O–H groups in total. The first-order valence-electron chi connectivity index (χ1n) is 1.84. The third kappa shape index (κ3) is 1.73. The molecule has 0 aromatic rings. The second-order valence-corrected chi connectivity index (χ2v) is 2.21. The fraction of sp³-hybridized carbons (Fsp3) is 0.667. The van der Waals surface area contributed by atoms with Gasteiger partial charge in [-0.05, 0) is 11.6 Å². The van der Waals surface area contributed by atoms with Crippen LogP contribution in [0.1, 0.15) is 0 Å². The summed E-state index contributed by atoms with van der Waals surface area (Å²) in [6.45, 7) is 0. The van der Waals surface area contributed by atoms with Crippen molar-refractivity contribution in [2.45, 2.75) is 11.3 Å². The molecule has 0 saturated carbocycles. The minimum Gasteiger partial charge on any atom is -0.276 e. The lowest BCUT2D eigenvalue weighted by Crippen LogP contribution is -2.40. The highest BCUT2D eigenvalue weighted by Crippen LogP contribution is 2.39. The zero-order valence-corrected chi connectivity index (χ0v) is 5.69. The van der Waals surface area contributed by atoms with E-state index in [2.05, 4.69) is 23.2 Å². The lowest BCUT2D eigenvalue weighted by Gasteiger charge is -2.15. The molecule has 0 aliphatic carbocycles. The molecule has 0 radical (unpaired) electrons. The lowest BCUT2D eigenvalue weighted by molar-refractivity contribution is -0.195. The Morgan fingerprint density at radius 2 is 1.50 bits per heavy atom. The Kier molecular flexibility index (Phi) is 2.53. The molecule has 0 fully saturated rings. The Morgan fingerprint density at radius 3 is 1.50 bits per heavy atom. The maximum absolute atomic E-state index is 11.9. The minimum absolute atomic E-state index is 2.29. The normalized spacial score (nSPS) is 18.2. The highest BCUT2D eigenvalue weighted by Gasteiger charge is 2.60. The van der Waals surface area contributed by atoms with Gasteiger partial charge < -0.3 is 0 Å². The van der Waals surface area contributed by atoms with E-state index in [0.29, 0.717) is 0 Å². The average Bonchev–Trinajstić information content (AvgIpc) is 1.62. The van der Waals surface area contributed by atoms with Crippen molar-refractivity contribution in [3.8, 4) is 0 Å². The molecule has 0 aliphatic heterocycles. The van der Waals surface area contributed by atoms with Crippen molar-refractivity contribution < 1.29 is 22.4 Å². The van der Waals surface area contributed by atoms with Crippen LogP contribution >= 0.6 is 23.2 Å². The van der Waals surface area contributed by atoms with Gasteiger partial charge in [0.25, 0.3) is 5.24 Å². The number of alkyl halides is 5. The maximum atomic E-state index is 11.9. The van der Waals surface area contributed by atoms with Crippen molar-refractivity contribution in [3.05, 3.63) is 0 Å². The van der Waals surface area contributed by atoms with E-state index in [1.807, 2.05) is 0 Å². The van der Waals surface area contributed by atoms with Gasteiger partial charge in [-0.2, -0.15) is 13.2 Å². The maximum Gasteiger partial charge on any atom is 0.446 e. The van der Waals surface area contributed by atoms with Crippen LogP contribution in [0.2, 0.25) is 0 Å². The highest BCUT2D eigenvalue weighted by atomic mass is 35.5. The van der Waals surface area contributed by atoms with Crippen molar-refractivity contribution in [2.24, 2.45) is 0 Å². The first-order valence-corrected chi connectivity index (χ1v) is 2.59. The smallest absolute Gasteiger partial charge is 0.276 e. The first kappa shape index (κ1) is 9.97. The Balaban J connectivity index is 4.57. The molecule has 0 aromatic carbocycles. The van der Waals surface area contributed by atoms with Crippen LogP contribution in [0, 0.1) is 0 Å². The number of rotatable bonds is 1. The number of carbonyl (C=O) groups excluding carboxylic acids is 1. The SMILES string of the molecule is O=C(Cl)[C@@](F)(Cl)C(F)(F)F. The molecule has 60 valence electrons. The first-order chi connectivity index (χ1) is 4.19. The van der Waals surface area contributed by atoms with E-state index in [1.165, 1.54) is 0 Å². The molecule has 7 heteroatoms. The molecule has 1 atom stereocenters. The topological polar surface area (TPSA) is 17.1 Å². The van der Waals surface area contributed by atoms with Crippen molar-refractivity contribution in [2.75, 3.05) is 0 Å². The Hall–Kier alpha value is -0.0300. The second-order valence-electron chi connectivity index (χ2n) is 1.35. The lowest BCUT2D eigenvalue weighted by atomic mass is 10.4. The number of hydrogen-bond acceptors (Lipinski definition) is 1. The van der Waals surface area contributed by atoms with Gasteiger partial charge in [0.2, 0.25) is 0 Å². The summed E-state index contributed by atoms with van der Waals surface area (Å²) in [7, 11) is 0. The zero-order valence-electron chi connectivity index (χ0n) is 4.18. The Morgan fingerprint density at radius 1 is 1.20 bits per heavy atom. The third-order valence-electron chi connectivity index (χ3n) is 0.603. The Labute approximate surface area is 62.9 Å². The molecule has 0 amide bonds. The van der Waals surface area contributed by atoms with E-state index < -0.39 is 16.5 Å². The molecule has 0 unspecified atom stereocenters. The van der Waals surface area contributed by atoms with Crippen LogP contribution in [0.3, 0.4) is 0 Å². The summed E-state index contributed by atoms with van der Waals surface area (Å²) < 4.78 is 45.7. The fourth-order valence-electron chi connectivity index (χ4n) is 0.111. The van der Waals surface area contributed by atoms with E-state index in [-0.39, 0.29) is 0 Å². The molecular formula is C3Cl2F4O. The fourth-order valence-corrected chi connectivity index (χ4v) is 0.219. The van der Waals surface area contributed by atoms with Gasteiger partial charge in [-0.25, -0.2) is 4.39 Å². The summed E-state index contributed by atoms with van der Waals surface area (Å²) in [5.74, 6) is 0. The molecule has 0 bridgehead atoms. The largest absolute Gasteiger partial charge is 0.446 e. The van der Waals surface area contributed by atoms with Gasteiger partial charge in [-0.15, -0.1) is 0 Å². The predicted octanol–water partition coefficient (Wildman–Crippen LogP) is 2.22. The van der Waals surface area contributed by atoms with Crippen LogP contribution in [0.5, 0.6) is 0 Å². The van der Waals surface area contributed by atoms with Crippen LogP contribution < -0.4 is 0 Å². The van der Waals surface area contributed by atoms with Crippen molar-refractivity contribution in [1.82, 2.24) is 0 Å². The van der Waals surface area contributed by atoms with E-state index in [1.54, 1.807) is 0 Å². The van der Waals surface area contributed by atoms with Gasteiger partial charge >= 0.3 is 11.3 Å². The standard InChI is InChI=1S/C3Cl2F4O/c4-1(10)2(5,6)3(7,8)9/t2-/m0/s1. The molecule has 0 aliphatic rings. The van der Waals surface area contributed by atoms with Crippen LogP contribution in [0.15, 0.2) is 0 Å². The van der Waals surface area contributed by atoms with Crippen molar-refractivity contribution >= 4 is 28.4 Å². The molecule has 0 saturated heterocycles. The summed E-state index contributed by atoms with van der Waals surface area (Å²) in [5.41, 5.74) is 0. The second kappa shape index (κ2) is 2.54. The summed E-state index contributed by atoms with van der Waals surface area (Å²) >= 11 is 8.26. The van der Waals surface area contributed by atoms with Crippen LogP contribution in [-0.4, -0.2) is 16.5 Å². The van der Waals surface area contributed by atoms with Gasteiger partial charge in [0, 0.05) is 0 Å². The summed E-state index contributed by atoms with van der Waals surface area (Å²) in [5, 5.41) is -6.75. The summed E-state index contributed by atoms with van der Waals surface area (Å²) in [6, 6.07) is 0. The highest BCUT2D eigenvalue weighted by molar-refractivity contribution is 6.70. The van der Waals surface area contributed by atoms with E-state index in [4.69, 9.17) is 0 Å². The number of carbonyl (C=O) groups is 1. The van der Waals surface area contributed by atoms with Crippen LogP contribution in [0.25, 0.3) is 0 Å². The molecule has 1 nitrogen and oxygen atoms in total. The Bertz CT molecular complexity index is 151. The molecule has 0 heterocycles. The summed E-state index contributed by atoms with van der Waals surface area (Å²) in [4.78, 5) is 9.65. The average molecular weight is 199 g/mol. The quantitative estimate of drug-likeness (QED) is 0.359. The molecular weight excluding hydrogens is 199 g/mol. The molecule has 0 spiro atoms. The van der Waals surface area contributed by atoms with Crippen LogP contribution in [0.4, 0.5) is 17.6 Å². The number of halogens is 6. The predicted molar refractivity (Wildman–Crippen MR) is 26.6 cm³/mol. The van der Waals surface area contributed by atoms with Crippen molar-refractivity contribution in [1.29, 1.82) is 0 Å². The van der Waals surface area contributed by atoms with E-state index in [0.717, 1.165) is 0 Å². The molecule has 0 aromatic heterocycles. The minimum atomic E-state index is -5.46. The van der Waals surface area contributed by atoms with Gasteiger partial charge in [0.05, 0.1) is 0 Å². The van der Waals surface area contributed by atoms with Gasteiger partial charge in [-0.3, -0.25) is 4.79 Å². The van der Waals surface area contributed by atoms with Crippen LogP contribution in [-0.2, 0) is 4.79 Å². The van der Waals surface area contributed by atoms with Gasteiger partial charge in [0.15, 0.2) is 0 Å². The number of hydrogen-bond donors (Lipinski definition) is 0. The molecule has 10 heavy (non-hydrogen) atoms. The van der Waals surface area contributed by atoms with E-state index >= 15 is 0 Å². The molecule has 0 rings (SSSR count). The monoisotopic (exact) mass is 198 g/mol. The van der Waals surface area contributed by atoms with Gasteiger partial charge in [-0.1, -0.05) is 11.6 Å². The summed E-state index contributed by atoms with van der Waals surface area (Å²) in [6.07, 6.45) is -5.46. The van der Waals surface area contributed by atoms with Gasteiger partial charge in [0.1, 0.15) is 0 Å². The van der Waals surface area contributed by atoms with Crippen molar-refractivity contribution in [3.63, 3.8) is 0 Å².